The van der Waals surface area contributed by atoms with E-state index in [9.17, 15) is 9.90 Å². The third-order valence-electron chi connectivity index (χ3n) is 4.08. The smallest absolute Gasteiger partial charge is 0.254 e. The normalized spacial score (nSPS) is 26.3. The maximum absolute atomic E-state index is 12.4. The second-order valence-electron chi connectivity index (χ2n) is 5.34. The van der Waals surface area contributed by atoms with E-state index in [0.29, 0.717) is 22.0 Å². The highest BCUT2D eigenvalue weighted by molar-refractivity contribution is 9.10. The third-order valence-corrected chi connectivity index (χ3v) is 4.75. The highest BCUT2D eigenvalue weighted by Crippen LogP contribution is 2.28. The molecule has 2 atom stereocenters. The zero-order valence-corrected chi connectivity index (χ0v) is 12.2. The van der Waals surface area contributed by atoms with Crippen molar-refractivity contribution in [2.75, 3.05) is 19.6 Å². The molecule has 19 heavy (non-hydrogen) atoms. The van der Waals surface area contributed by atoms with Crippen molar-refractivity contribution >= 4 is 21.8 Å². The summed E-state index contributed by atoms with van der Waals surface area (Å²) in [5.74, 6) is 0.710. The average molecular weight is 325 g/mol. The van der Waals surface area contributed by atoms with Crippen molar-refractivity contribution in [3.63, 3.8) is 0 Å². The van der Waals surface area contributed by atoms with Crippen LogP contribution in [0.4, 0.5) is 0 Å². The number of piperidine rings is 1. The van der Waals surface area contributed by atoms with Gasteiger partial charge in [0.15, 0.2) is 0 Å². The van der Waals surface area contributed by atoms with Crippen molar-refractivity contribution in [2.24, 2.45) is 5.92 Å². The number of rotatable bonds is 1. The second kappa shape index (κ2) is 5.13. The number of hydrogen-bond acceptors (Lipinski definition) is 3. The van der Waals surface area contributed by atoms with E-state index in [0.717, 1.165) is 19.6 Å². The molecule has 1 amide bonds. The molecule has 3 rings (SSSR count). The number of nitrogens with one attached hydrogen (secondary N) is 1. The largest absolute Gasteiger partial charge is 0.507 e. The van der Waals surface area contributed by atoms with Gasteiger partial charge in [0.2, 0.25) is 0 Å². The average Bonchev–Trinajstić information content (AvgIpc) is 2.85. The maximum atomic E-state index is 12.4. The molecular weight excluding hydrogens is 308 g/mol. The summed E-state index contributed by atoms with van der Waals surface area (Å²) in [7, 11) is 0. The van der Waals surface area contributed by atoms with Crippen LogP contribution in [0.25, 0.3) is 0 Å². The number of carbonyl (C=O) groups excluding carboxylic acids is 1. The van der Waals surface area contributed by atoms with Crippen molar-refractivity contribution in [1.29, 1.82) is 0 Å². The number of likely N-dealkylation sites (tertiary alicyclic amines) is 1. The maximum Gasteiger partial charge on any atom is 0.254 e. The minimum Gasteiger partial charge on any atom is -0.507 e. The molecule has 2 unspecified atom stereocenters. The Kier molecular flexibility index (Phi) is 3.50. The van der Waals surface area contributed by atoms with E-state index >= 15 is 0 Å². The Bertz CT molecular complexity index is 492. The molecule has 2 saturated heterocycles. The first-order chi connectivity index (χ1) is 9.15. The number of carbonyl (C=O) groups is 1. The molecule has 2 aliphatic rings. The predicted octanol–water partition coefficient (Wildman–Crippen LogP) is 1.98. The SMILES string of the molecule is O=C(c1ccc(Br)c(O)c1)N1CC2CCCNC2C1. The molecule has 1 aromatic carbocycles. The summed E-state index contributed by atoms with van der Waals surface area (Å²) in [6, 6.07) is 5.44. The van der Waals surface area contributed by atoms with Gasteiger partial charge in [-0.15, -0.1) is 0 Å². The number of nitrogens with zero attached hydrogens (tertiary/aromatic N) is 1. The third kappa shape index (κ3) is 2.49. The number of phenolic OH excluding ortho intramolecular Hbond substituents is 1. The quantitative estimate of drug-likeness (QED) is 0.830. The summed E-state index contributed by atoms with van der Waals surface area (Å²) in [5.41, 5.74) is 0.555. The van der Waals surface area contributed by atoms with E-state index in [1.807, 2.05) is 4.90 Å². The van der Waals surface area contributed by atoms with Crippen molar-refractivity contribution in [1.82, 2.24) is 10.2 Å². The molecule has 0 aromatic heterocycles. The van der Waals surface area contributed by atoms with Crippen LogP contribution < -0.4 is 5.32 Å². The van der Waals surface area contributed by atoms with Crippen LogP contribution in [0.1, 0.15) is 23.2 Å². The van der Waals surface area contributed by atoms with Gasteiger partial charge in [0, 0.05) is 24.7 Å². The highest BCUT2D eigenvalue weighted by Gasteiger charge is 2.36. The summed E-state index contributed by atoms with van der Waals surface area (Å²) in [6.07, 6.45) is 2.40. The lowest BCUT2D eigenvalue weighted by Crippen LogP contribution is -2.41. The van der Waals surface area contributed by atoms with E-state index in [1.165, 1.54) is 18.9 Å². The molecule has 4 nitrogen and oxygen atoms in total. The van der Waals surface area contributed by atoms with Crippen LogP contribution in [0, 0.1) is 5.92 Å². The first-order valence-corrected chi connectivity index (χ1v) is 7.45. The Morgan fingerprint density at radius 2 is 2.26 bits per heavy atom. The Morgan fingerprint density at radius 1 is 1.42 bits per heavy atom. The number of benzene rings is 1. The van der Waals surface area contributed by atoms with Crippen LogP contribution in [0.5, 0.6) is 5.75 Å². The van der Waals surface area contributed by atoms with E-state index < -0.39 is 0 Å². The molecule has 5 heteroatoms. The van der Waals surface area contributed by atoms with Gasteiger partial charge in [0.1, 0.15) is 5.75 Å². The Labute approximate surface area is 120 Å². The topological polar surface area (TPSA) is 52.6 Å². The van der Waals surface area contributed by atoms with Crippen LogP contribution in [0.2, 0.25) is 0 Å². The van der Waals surface area contributed by atoms with Gasteiger partial charge in [-0.05, 0) is 59.4 Å². The van der Waals surface area contributed by atoms with Gasteiger partial charge in [-0.2, -0.15) is 0 Å². The van der Waals surface area contributed by atoms with E-state index in [2.05, 4.69) is 21.2 Å². The van der Waals surface area contributed by atoms with Crippen LogP contribution in [0.3, 0.4) is 0 Å². The number of halogens is 1. The van der Waals surface area contributed by atoms with Crippen molar-refractivity contribution in [3.05, 3.63) is 28.2 Å². The fourth-order valence-corrected chi connectivity index (χ4v) is 3.29. The monoisotopic (exact) mass is 324 g/mol. The molecule has 2 heterocycles. The lowest BCUT2D eigenvalue weighted by atomic mass is 9.94. The van der Waals surface area contributed by atoms with Gasteiger partial charge in [-0.1, -0.05) is 0 Å². The first-order valence-electron chi connectivity index (χ1n) is 6.66. The zero-order valence-electron chi connectivity index (χ0n) is 10.6. The Hall–Kier alpha value is -1.07. The number of fused-ring (bicyclic) bond motifs is 1. The molecular formula is C14H17BrN2O2. The lowest BCUT2D eigenvalue weighted by Gasteiger charge is -2.24. The van der Waals surface area contributed by atoms with Gasteiger partial charge >= 0.3 is 0 Å². The molecule has 2 N–H and O–H groups in total. The molecule has 2 aliphatic heterocycles. The molecule has 0 saturated carbocycles. The fraction of sp³-hybridized carbons (Fsp3) is 0.500. The molecule has 0 bridgehead atoms. The second-order valence-corrected chi connectivity index (χ2v) is 6.19. The van der Waals surface area contributed by atoms with Crippen LogP contribution in [-0.2, 0) is 0 Å². The van der Waals surface area contributed by atoms with Gasteiger partial charge in [-0.3, -0.25) is 4.79 Å². The summed E-state index contributed by atoms with van der Waals surface area (Å²) in [5, 5.41) is 13.2. The molecule has 1 aromatic rings. The van der Waals surface area contributed by atoms with Crippen molar-refractivity contribution < 1.29 is 9.90 Å². The molecule has 2 fully saturated rings. The van der Waals surface area contributed by atoms with Crippen molar-refractivity contribution in [3.8, 4) is 5.75 Å². The van der Waals surface area contributed by atoms with Crippen LogP contribution >= 0.6 is 15.9 Å². The van der Waals surface area contributed by atoms with E-state index in [4.69, 9.17) is 0 Å². The summed E-state index contributed by atoms with van der Waals surface area (Å²) < 4.78 is 0.612. The number of hydrogen-bond donors (Lipinski definition) is 2. The van der Waals surface area contributed by atoms with Gasteiger partial charge in [-0.25, -0.2) is 0 Å². The van der Waals surface area contributed by atoms with Gasteiger partial charge in [0.25, 0.3) is 5.91 Å². The van der Waals surface area contributed by atoms with Crippen molar-refractivity contribution in [2.45, 2.75) is 18.9 Å². The molecule has 0 radical (unpaired) electrons. The Balaban J connectivity index is 1.75. The lowest BCUT2D eigenvalue weighted by molar-refractivity contribution is 0.0785. The van der Waals surface area contributed by atoms with Gasteiger partial charge in [0.05, 0.1) is 4.47 Å². The van der Waals surface area contributed by atoms with Gasteiger partial charge < -0.3 is 15.3 Å². The predicted molar refractivity (Wildman–Crippen MR) is 76.2 cm³/mol. The van der Waals surface area contributed by atoms with E-state index in [-0.39, 0.29) is 11.7 Å². The van der Waals surface area contributed by atoms with Crippen LogP contribution in [0.15, 0.2) is 22.7 Å². The number of phenols is 1. The summed E-state index contributed by atoms with van der Waals surface area (Å²) >= 11 is 3.23. The number of aromatic hydroxyl groups is 1. The highest BCUT2D eigenvalue weighted by atomic mass is 79.9. The zero-order chi connectivity index (χ0) is 13.4. The molecule has 102 valence electrons. The minimum atomic E-state index is 0.0130. The molecule has 0 aliphatic carbocycles. The first kappa shape index (κ1) is 12.9. The standard InChI is InChI=1S/C14H17BrN2O2/c15-11-4-3-9(6-13(11)18)14(19)17-7-10-2-1-5-16-12(10)8-17/h3-4,6,10,12,16,18H,1-2,5,7-8H2. The summed E-state index contributed by atoms with van der Waals surface area (Å²) in [4.78, 5) is 14.3. The fourth-order valence-electron chi connectivity index (χ4n) is 3.04. The Morgan fingerprint density at radius 3 is 3.00 bits per heavy atom. The minimum absolute atomic E-state index is 0.0130. The van der Waals surface area contributed by atoms with E-state index in [1.54, 1.807) is 12.1 Å². The number of amides is 1. The molecule has 0 spiro atoms. The van der Waals surface area contributed by atoms with Crippen LogP contribution in [-0.4, -0.2) is 41.6 Å². The summed E-state index contributed by atoms with van der Waals surface area (Å²) in [6.45, 7) is 2.66.